The largest absolute Gasteiger partial charge is 0.477 e. The number of halogens is 1. The van der Waals surface area contributed by atoms with Crippen molar-refractivity contribution in [3.8, 4) is 11.3 Å². The van der Waals surface area contributed by atoms with Crippen molar-refractivity contribution in [1.82, 2.24) is 9.97 Å². The van der Waals surface area contributed by atoms with Gasteiger partial charge in [-0.2, -0.15) is 0 Å². The van der Waals surface area contributed by atoms with E-state index in [1.165, 1.54) is 18.2 Å². The summed E-state index contributed by atoms with van der Waals surface area (Å²) in [5.74, 6) is -1.92. The molecule has 0 fully saturated rings. The molecule has 0 atom stereocenters. The van der Waals surface area contributed by atoms with Crippen molar-refractivity contribution in [2.24, 2.45) is 0 Å². The van der Waals surface area contributed by atoms with Gasteiger partial charge in [0.2, 0.25) is 0 Å². The van der Waals surface area contributed by atoms with Crippen LogP contribution in [0.4, 0.5) is 4.39 Å². The van der Waals surface area contributed by atoms with E-state index in [9.17, 15) is 14.0 Å². The van der Waals surface area contributed by atoms with Crippen LogP contribution in [0.15, 0.2) is 29.1 Å². The lowest BCUT2D eigenvalue weighted by atomic mass is 10.1. The molecule has 2 rings (SSSR count). The van der Waals surface area contributed by atoms with Gasteiger partial charge in [0.1, 0.15) is 5.82 Å². The van der Waals surface area contributed by atoms with Gasteiger partial charge < -0.3 is 10.1 Å². The summed E-state index contributed by atoms with van der Waals surface area (Å²) < 4.78 is 13.4. The van der Waals surface area contributed by atoms with E-state index in [0.29, 0.717) is 0 Å². The fourth-order valence-electron chi connectivity index (χ4n) is 1.41. The lowest BCUT2D eigenvalue weighted by Crippen LogP contribution is -2.04. The molecule has 1 heterocycles. The average Bonchev–Trinajstić information content (AvgIpc) is 2.61. The van der Waals surface area contributed by atoms with Crippen molar-refractivity contribution in [2.75, 3.05) is 0 Å². The SMILES string of the molecule is O=C(O)c1[nH]c(=O)[nH]c1-c1ccccc1F. The number of benzene rings is 1. The van der Waals surface area contributed by atoms with E-state index in [2.05, 4.69) is 9.97 Å². The molecule has 0 aliphatic rings. The Hall–Kier alpha value is -2.37. The number of aromatic carboxylic acids is 1. The molecule has 0 aliphatic carbocycles. The van der Waals surface area contributed by atoms with Crippen molar-refractivity contribution in [1.29, 1.82) is 0 Å². The molecule has 0 bridgehead atoms. The molecule has 2 aromatic rings. The Labute approximate surface area is 88.6 Å². The number of carbonyl (C=O) groups is 1. The number of carboxylic acid groups (broad SMARTS) is 1. The molecule has 82 valence electrons. The number of hydrogen-bond donors (Lipinski definition) is 3. The Morgan fingerprint density at radius 1 is 1.25 bits per heavy atom. The zero-order valence-electron chi connectivity index (χ0n) is 7.95. The average molecular weight is 222 g/mol. The van der Waals surface area contributed by atoms with Gasteiger partial charge in [-0.15, -0.1) is 0 Å². The summed E-state index contributed by atoms with van der Waals surface area (Å²) in [6.45, 7) is 0. The van der Waals surface area contributed by atoms with Crippen LogP contribution in [0.25, 0.3) is 11.3 Å². The first-order chi connectivity index (χ1) is 7.59. The lowest BCUT2D eigenvalue weighted by molar-refractivity contribution is 0.0692. The maximum Gasteiger partial charge on any atom is 0.354 e. The zero-order chi connectivity index (χ0) is 11.7. The van der Waals surface area contributed by atoms with Gasteiger partial charge in [-0.25, -0.2) is 14.0 Å². The van der Waals surface area contributed by atoms with Crippen LogP contribution in [0.1, 0.15) is 10.5 Å². The van der Waals surface area contributed by atoms with E-state index in [1.807, 2.05) is 0 Å². The van der Waals surface area contributed by atoms with Gasteiger partial charge in [0.15, 0.2) is 5.69 Å². The van der Waals surface area contributed by atoms with Crippen molar-refractivity contribution in [3.05, 3.63) is 46.3 Å². The molecular weight excluding hydrogens is 215 g/mol. The predicted octanol–water partition coefficient (Wildman–Crippen LogP) is 1.21. The normalized spacial score (nSPS) is 10.3. The van der Waals surface area contributed by atoms with Crippen LogP contribution in [-0.2, 0) is 0 Å². The predicted molar refractivity (Wildman–Crippen MR) is 53.8 cm³/mol. The molecule has 5 nitrogen and oxygen atoms in total. The number of imidazole rings is 1. The minimum absolute atomic E-state index is 0.0400. The second-order valence-corrected chi connectivity index (χ2v) is 3.11. The maximum absolute atomic E-state index is 13.4. The van der Waals surface area contributed by atoms with E-state index >= 15 is 0 Å². The molecule has 0 aliphatic heterocycles. The summed E-state index contributed by atoms with van der Waals surface area (Å²) in [5, 5.41) is 8.82. The third-order valence-corrected chi connectivity index (χ3v) is 2.08. The smallest absolute Gasteiger partial charge is 0.354 e. The van der Waals surface area contributed by atoms with Gasteiger partial charge in [0.25, 0.3) is 0 Å². The molecule has 0 saturated carbocycles. The van der Waals surface area contributed by atoms with Crippen LogP contribution in [0.2, 0.25) is 0 Å². The number of H-pyrrole nitrogens is 2. The number of aromatic nitrogens is 2. The molecular formula is C10H7FN2O3. The quantitative estimate of drug-likeness (QED) is 0.713. The molecule has 0 unspecified atom stereocenters. The first-order valence-electron chi connectivity index (χ1n) is 4.40. The Kier molecular flexibility index (Phi) is 2.32. The van der Waals surface area contributed by atoms with Gasteiger partial charge in [-0.05, 0) is 12.1 Å². The Morgan fingerprint density at radius 3 is 2.56 bits per heavy atom. The van der Waals surface area contributed by atoms with E-state index < -0.39 is 17.5 Å². The molecule has 0 saturated heterocycles. The highest BCUT2D eigenvalue weighted by Gasteiger charge is 2.17. The second-order valence-electron chi connectivity index (χ2n) is 3.11. The van der Waals surface area contributed by atoms with E-state index in [0.717, 1.165) is 0 Å². The summed E-state index contributed by atoms with van der Waals surface area (Å²) in [4.78, 5) is 26.2. The van der Waals surface area contributed by atoms with Gasteiger partial charge in [0, 0.05) is 5.56 Å². The third-order valence-electron chi connectivity index (χ3n) is 2.08. The van der Waals surface area contributed by atoms with Gasteiger partial charge in [0.05, 0.1) is 5.69 Å². The zero-order valence-corrected chi connectivity index (χ0v) is 7.95. The van der Waals surface area contributed by atoms with Crippen LogP contribution in [0.5, 0.6) is 0 Å². The van der Waals surface area contributed by atoms with Gasteiger partial charge in [-0.3, -0.25) is 4.98 Å². The molecule has 1 aromatic carbocycles. The van der Waals surface area contributed by atoms with Crippen LogP contribution >= 0.6 is 0 Å². The highest BCUT2D eigenvalue weighted by atomic mass is 19.1. The molecule has 3 N–H and O–H groups in total. The summed E-state index contributed by atoms with van der Waals surface area (Å²) in [6.07, 6.45) is 0. The van der Waals surface area contributed by atoms with Crippen molar-refractivity contribution in [2.45, 2.75) is 0 Å². The van der Waals surface area contributed by atoms with Gasteiger partial charge >= 0.3 is 11.7 Å². The van der Waals surface area contributed by atoms with E-state index in [4.69, 9.17) is 5.11 Å². The fourth-order valence-corrected chi connectivity index (χ4v) is 1.41. The number of carboxylic acids is 1. The van der Waals surface area contributed by atoms with Crippen molar-refractivity contribution >= 4 is 5.97 Å². The van der Waals surface area contributed by atoms with Crippen LogP contribution in [0.3, 0.4) is 0 Å². The van der Waals surface area contributed by atoms with Crippen LogP contribution < -0.4 is 5.69 Å². The molecule has 0 radical (unpaired) electrons. The topological polar surface area (TPSA) is 85.9 Å². The Morgan fingerprint density at radius 2 is 1.94 bits per heavy atom. The summed E-state index contributed by atoms with van der Waals surface area (Å²) in [7, 11) is 0. The Bertz CT molecular complexity index is 600. The highest BCUT2D eigenvalue weighted by Crippen LogP contribution is 2.21. The standard InChI is InChI=1S/C10H7FN2O3/c11-6-4-2-1-3-5(6)7-8(9(14)15)13-10(16)12-7/h1-4H,(H,14,15)(H2,12,13,16). The first kappa shape index (κ1) is 10.2. The summed E-state index contributed by atoms with van der Waals surface area (Å²) >= 11 is 0. The van der Waals surface area contributed by atoms with Gasteiger partial charge in [-0.1, -0.05) is 12.1 Å². The monoisotopic (exact) mass is 222 g/mol. The summed E-state index contributed by atoms with van der Waals surface area (Å²) in [5.41, 5.74) is -1.06. The maximum atomic E-state index is 13.4. The first-order valence-corrected chi connectivity index (χ1v) is 4.40. The molecule has 0 spiro atoms. The number of nitrogens with one attached hydrogen (secondary N) is 2. The molecule has 6 heteroatoms. The van der Waals surface area contributed by atoms with Crippen LogP contribution in [-0.4, -0.2) is 21.0 Å². The van der Waals surface area contributed by atoms with Crippen LogP contribution in [0, 0.1) is 5.82 Å². The second kappa shape index (κ2) is 3.65. The van der Waals surface area contributed by atoms with Crippen molar-refractivity contribution in [3.63, 3.8) is 0 Å². The summed E-state index contributed by atoms with van der Waals surface area (Å²) in [6, 6.07) is 5.60. The molecule has 0 amide bonds. The highest BCUT2D eigenvalue weighted by molar-refractivity contribution is 5.92. The molecule has 1 aromatic heterocycles. The fraction of sp³-hybridized carbons (Fsp3) is 0. The minimum atomic E-state index is -1.32. The minimum Gasteiger partial charge on any atom is -0.477 e. The van der Waals surface area contributed by atoms with Crippen molar-refractivity contribution < 1.29 is 14.3 Å². The van der Waals surface area contributed by atoms with E-state index in [-0.39, 0.29) is 17.0 Å². The number of aromatic amines is 2. The number of rotatable bonds is 2. The lowest BCUT2D eigenvalue weighted by Gasteiger charge is -2.00. The van der Waals surface area contributed by atoms with E-state index in [1.54, 1.807) is 6.07 Å². The number of hydrogen-bond acceptors (Lipinski definition) is 2. The molecule has 16 heavy (non-hydrogen) atoms. The third kappa shape index (κ3) is 1.60. The Balaban J connectivity index is 2.69.